The second-order valence-electron chi connectivity index (χ2n) is 7.04. The lowest BCUT2D eigenvalue weighted by molar-refractivity contribution is 0.595. The van der Waals surface area contributed by atoms with Crippen molar-refractivity contribution in [3.05, 3.63) is 46.5 Å². The van der Waals surface area contributed by atoms with E-state index in [-0.39, 0.29) is 21.2 Å². The van der Waals surface area contributed by atoms with Crippen LogP contribution in [-0.2, 0) is 45.7 Å². The minimum atomic E-state index is -3.68. The summed E-state index contributed by atoms with van der Waals surface area (Å²) in [5.41, 5.74) is 15.5. The quantitative estimate of drug-likeness (QED) is 0.519. The van der Waals surface area contributed by atoms with E-state index in [1.54, 1.807) is 12.1 Å². The van der Waals surface area contributed by atoms with Crippen LogP contribution in [-0.4, -0.2) is 16.8 Å². The van der Waals surface area contributed by atoms with Crippen LogP contribution in [0.5, 0.6) is 0 Å². The van der Waals surface area contributed by atoms with Crippen LogP contribution in [0.1, 0.15) is 35.1 Å². The Morgan fingerprint density at radius 1 is 0.607 bits per heavy atom. The predicted molar refractivity (Wildman–Crippen MR) is 109 cm³/mol. The van der Waals surface area contributed by atoms with Gasteiger partial charge in [0.05, 0.1) is 11.4 Å². The normalized spacial score (nSPS) is 15.5. The molecule has 2 aromatic carbocycles. The van der Waals surface area contributed by atoms with Crippen molar-refractivity contribution in [1.82, 2.24) is 0 Å². The fraction of sp³-hybridized carbons (Fsp3) is 0.333. The fourth-order valence-corrected chi connectivity index (χ4v) is 5.92. The number of anilines is 2. The Kier molecular flexibility index (Phi) is 5.41. The number of fused-ring (bicyclic) bond motifs is 2. The van der Waals surface area contributed by atoms with E-state index >= 15 is 0 Å². The molecule has 0 bridgehead atoms. The number of sulfonamides is 2. The Morgan fingerprint density at radius 2 is 0.964 bits per heavy atom. The molecule has 0 unspecified atom stereocenters. The van der Waals surface area contributed by atoms with Crippen molar-refractivity contribution in [3.63, 3.8) is 0 Å². The molecule has 0 saturated carbocycles. The van der Waals surface area contributed by atoms with Crippen molar-refractivity contribution in [2.75, 3.05) is 11.5 Å². The van der Waals surface area contributed by atoms with E-state index in [0.717, 1.165) is 60.8 Å². The highest BCUT2D eigenvalue weighted by Crippen LogP contribution is 2.32. The highest BCUT2D eigenvalue weighted by molar-refractivity contribution is 7.89. The first-order chi connectivity index (χ1) is 13.0. The van der Waals surface area contributed by atoms with Gasteiger partial charge in [0.1, 0.15) is 9.79 Å². The molecule has 0 aromatic heterocycles. The van der Waals surface area contributed by atoms with E-state index in [1.807, 2.05) is 12.1 Å². The van der Waals surface area contributed by atoms with E-state index < -0.39 is 20.0 Å². The summed E-state index contributed by atoms with van der Waals surface area (Å²) >= 11 is 0. The molecule has 0 saturated heterocycles. The largest absolute Gasteiger partial charge is 0.398 e. The molecule has 0 radical (unpaired) electrons. The van der Waals surface area contributed by atoms with Gasteiger partial charge in [-0.25, -0.2) is 27.1 Å². The molecule has 0 atom stereocenters. The number of nitrogen functional groups attached to an aromatic ring is 2. The van der Waals surface area contributed by atoms with Crippen LogP contribution in [0.3, 0.4) is 0 Å². The molecule has 28 heavy (non-hydrogen) atoms. The van der Waals surface area contributed by atoms with Gasteiger partial charge in [0.25, 0.3) is 0 Å². The van der Waals surface area contributed by atoms with Crippen LogP contribution in [0, 0.1) is 0 Å². The molecule has 0 heterocycles. The zero-order valence-corrected chi connectivity index (χ0v) is 16.9. The summed E-state index contributed by atoms with van der Waals surface area (Å²) in [5.74, 6) is 0. The van der Waals surface area contributed by atoms with Gasteiger partial charge in [0, 0.05) is 0 Å². The molecule has 0 spiro atoms. The SMILES string of the molecule is Nc1ccc2c(c1S(N)(=O)=O)CCC2.Nc1ccc2c(c1S(N)(=O)=O)CCC2. The van der Waals surface area contributed by atoms with E-state index in [2.05, 4.69) is 0 Å². The molecule has 2 aliphatic carbocycles. The zero-order chi connectivity index (χ0) is 20.7. The Balaban J connectivity index is 0.000000161. The lowest BCUT2D eigenvalue weighted by Crippen LogP contribution is -2.16. The maximum Gasteiger partial charge on any atom is 0.240 e. The van der Waals surface area contributed by atoms with Gasteiger partial charge >= 0.3 is 0 Å². The standard InChI is InChI=1S/2C9H12N2O2S/c2*10-8-5-4-6-2-1-3-7(6)9(8)14(11,12)13/h2*4-5H,1-3,10H2,(H2,11,12,13). The number of rotatable bonds is 2. The van der Waals surface area contributed by atoms with Crippen molar-refractivity contribution < 1.29 is 16.8 Å². The fourth-order valence-electron chi connectivity index (χ4n) is 3.97. The third-order valence-electron chi connectivity index (χ3n) is 5.09. The Bertz CT molecular complexity index is 1050. The van der Waals surface area contributed by atoms with E-state index in [0.29, 0.717) is 0 Å². The maximum atomic E-state index is 11.3. The minimum absolute atomic E-state index is 0.132. The Labute approximate surface area is 165 Å². The molecule has 2 aliphatic rings. The van der Waals surface area contributed by atoms with E-state index in [1.165, 1.54) is 0 Å². The summed E-state index contributed by atoms with van der Waals surface area (Å²) in [4.78, 5) is 0.264. The number of hydrogen-bond acceptors (Lipinski definition) is 6. The van der Waals surface area contributed by atoms with Crippen LogP contribution >= 0.6 is 0 Å². The number of nitrogens with two attached hydrogens (primary N) is 4. The van der Waals surface area contributed by atoms with Crippen LogP contribution < -0.4 is 21.7 Å². The molecule has 8 nitrogen and oxygen atoms in total. The summed E-state index contributed by atoms with van der Waals surface area (Å²) in [6.45, 7) is 0. The smallest absolute Gasteiger partial charge is 0.240 e. The van der Waals surface area contributed by atoms with Crippen molar-refractivity contribution in [3.8, 4) is 0 Å². The molecule has 0 aliphatic heterocycles. The highest BCUT2D eigenvalue weighted by Gasteiger charge is 2.24. The molecule has 8 N–H and O–H groups in total. The van der Waals surface area contributed by atoms with Crippen LogP contribution in [0.4, 0.5) is 11.4 Å². The molecule has 152 valence electrons. The van der Waals surface area contributed by atoms with Crippen LogP contribution in [0.2, 0.25) is 0 Å². The van der Waals surface area contributed by atoms with Gasteiger partial charge in [-0.3, -0.25) is 0 Å². The van der Waals surface area contributed by atoms with Crippen molar-refractivity contribution in [2.45, 2.75) is 48.3 Å². The van der Waals surface area contributed by atoms with E-state index in [4.69, 9.17) is 21.7 Å². The second kappa shape index (κ2) is 7.36. The first-order valence-corrected chi connectivity index (χ1v) is 12.0. The lowest BCUT2D eigenvalue weighted by atomic mass is 10.1. The van der Waals surface area contributed by atoms with Crippen LogP contribution in [0.25, 0.3) is 0 Å². The molecule has 2 aromatic rings. The van der Waals surface area contributed by atoms with Crippen molar-refractivity contribution >= 4 is 31.4 Å². The van der Waals surface area contributed by atoms with Crippen LogP contribution in [0.15, 0.2) is 34.1 Å². The number of primary sulfonamides is 2. The molecule has 10 heteroatoms. The zero-order valence-electron chi connectivity index (χ0n) is 15.3. The number of hydrogen-bond donors (Lipinski definition) is 4. The summed E-state index contributed by atoms with van der Waals surface area (Å²) in [5, 5.41) is 10.2. The monoisotopic (exact) mass is 424 g/mol. The summed E-state index contributed by atoms with van der Waals surface area (Å²) in [6.07, 6.45) is 5.29. The maximum absolute atomic E-state index is 11.3. The Hall–Kier alpha value is -2.14. The van der Waals surface area contributed by atoms with Gasteiger partial charge < -0.3 is 11.5 Å². The lowest BCUT2D eigenvalue weighted by Gasteiger charge is -2.08. The molecule has 0 amide bonds. The molecule has 0 fully saturated rings. The average Bonchev–Trinajstić information content (AvgIpc) is 3.20. The van der Waals surface area contributed by atoms with Gasteiger partial charge in [-0.15, -0.1) is 0 Å². The second-order valence-corrected chi connectivity index (χ2v) is 10.0. The summed E-state index contributed by atoms with van der Waals surface area (Å²) in [7, 11) is -7.37. The van der Waals surface area contributed by atoms with Gasteiger partial charge in [-0.1, -0.05) is 12.1 Å². The third kappa shape index (κ3) is 4.00. The topological polar surface area (TPSA) is 172 Å². The third-order valence-corrected chi connectivity index (χ3v) is 7.19. The first-order valence-electron chi connectivity index (χ1n) is 8.86. The summed E-state index contributed by atoms with van der Waals surface area (Å²) < 4.78 is 45.2. The van der Waals surface area contributed by atoms with Crippen molar-refractivity contribution in [1.29, 1.82) is 0 Å². The van der Waals surface area contributed by atoms with Gasteiger partial charge in [0.15, 0.2) is 0 Å². The Morgan fingerprint density at radius 3 is 1.29 bits per heavy atom. The molecule has 4 rings (SSSR count). The average molecular weight is 425 g/mol. The van der Waals surface area contributed by atoms with Gasteiger partial charge in [-0.05, 0) is 72.9 Å². The molecular formula is C18H24N4O4S2. The van der Waals surface area contributed by atoms with E-state index in [9.17, 15) is 16.8 Å². The molecular weight excluding hydrogens is 400 g/mol. The van der Waals surface area contributed by atoms with Crippen molar-refractivity contribution in [2.24, 2.45) is 10.3 Å². The van der Waals surface area contributed by atoms with Gasteiger partial charge in [0.2, 0.25) is 20.0 Å². The van der Waals surface area contributed by atoms with Gasteiger partial charge in [-0.2, -0.15) is 0 Å². The number of benzene rings is 2. The predicted octanol–water partition coefficient (Wildman–Crippen LogP) is 0.810. The number of aryl methyl sites for hydroxylation is 2. The first kappa shape index (κ1) is 20.6. The minimum Gasteiger partial charge on any atom is -0.398 e. The summed E-state index contributed by atoms with van der Waals surface area (Å²) in [6, 6.07) is 6.99. The highest BCUT2D eigenvalue weighted by atomic mass is 32.2.